The largest absolute Gasteiger partial charge is 0.486 e. The van der Waals surface area contributed by atoms with E-state index in [1.54, 1.807) is 18.6 Å². The van der Waals surface area contributed by atoms with Crippen LogP contribution in [0.2, 0.25) is 0 Å². The van der Waals surface area contributed by atoms with Crippen LogP contribution in [0.4, 0.5) is 10.3 Å². The van der Waals surface area contributed by atoms with Crippen molar-refractivity contribution in [2.24, 2.45) is 0 Å². The average Bonchev–Trinajstić information content (AvgIpc) is 3.52. The zero-order valence-corrected chi connectivity index (χ0v) is 18.8. The maximum Gasteiger partial charge on any atom is 0.233 e. The maximum atomic E-state index is 14.4. The lowest BCUT2D eigenvalue weighted by Crippen LogP contribution is -2.16. The molecule has 2 aromatic heterocycles. The van der Waals surface area contributed by atoms with Crippen molar-refractivity contribution in [2.75, 3.05) is 25.1 Å². The second kappa shape index (κ2) is 9.18. The zero-order chi connectivity index (χ0) is 23.5. The first-order valence-corrected chi connectivity index (χ1v) is 12.1. The van der Waals surface area contributed by atoms with E-state index < -0.39 is 15.7 Å². The lowest BCUT2D eigenvalue weighted by molar-refractivity contribution is 0.171. The first-order valence-electron chi connectivity index (χ1n) is 10.6. The lowest BCUT2D eigenvalue weighted by atomic mass is 10.2. The second-order valence-electron chi connectivity index (χ2n) is 7.52. The highest BCUT2D eigenvalue weighted by molar-refractivity contribution is 7.91. The van der Waals surface area contributed by atoms with Gasteiger partial charge < -0.3 is 23.8 Å². The van der Waals surface area contributed by atoms with Crippen LogP contribution in [0.15, 0.2) is 75.5 Å². The summed E-state index contributed by atoms with van der Waals surface area (Å²) in [7, 11) is -4.12. The van der Waals surface area contributed by atoms with Gasteiger partial charge in [-0.25, -0.2) is 17.8 Å². The summed E-state index contributed by atoms with van der Waals surface area (Å²) in [5, 5.41) is 2.67. The van der Waals surface area contributed by atoms with Crippen LogP contribution in [0, 0.1) is 5.82 Å². The molecule has 3 heterocycles. The number of imidazole rings is 1. The van der Waals surface area contributed by atoms with E-state index in [4.69, 9.17) is 13.9 Å². The van der Waals surface area contributed by atoms with Crippen LogP contribution < -0.4 is 14.8 Å². The molecule has 0 amide bonds. The molecule has 1 N–H and O–H groups in total. The van der Waals surface area contributed by atoms with Gasteiger partial charge in [0, 0.05) is 31.5 Å². The van der Waals surface area contributed by atoms with Gasteiger partial charge in [-0.3, -0.25) is 0 Å². The van der Waals surface area contributed by atoms with E-state index >= 15 is 0 Å². The van der Waals surface area contributed by atoms with Gasteiger partial charge in [-0.05, 0) is 30.7 Å². The number of nitrogens with one attached hydrogen (secondary N) is 1. The van der Waals surface area contributed by atoms with Crippen LogP contribution in [-0.2, 0) is 16.4 Å². The highest BCUT2D eigenvalue weighted by Gasteiger charge is 2.30. The van der Waals surface area contributed by atoms with Crippen LogP contribution in [0.1, 0.15) is 6.42 Å². The molecule has 34 heavy (non-hydrogen) atoms. The van der Waals surface area contributed by atoms with Gasteiger partial charge in [0.1, 0.15) is 19.0 Å². The van der Waals surface area contributed by atoms with E-state index in [1.807, 2.05) is 10.8 Å². The minimum absolute atomic E-state index is 0.0356. The number of hydrogen-bond donors (Lipinski definition) is 1. The predicted octanol–water partition coefficient (Wildman–Crippen LogP) is 3.78. The average molecular weight is 485 g/mol. The third kappa shape index (κ3) is 4.34. The highest BCUT2D eigenvalue weighted by atomic mass is 32.2. The molecule has 2 aromatic carbocycles. The molecule has 176 valence electrons. The molecule has 0 bridgehead atoms. The number of aryl methyl sites for hydroxylation is 1. The van der Waals surface area contributed by atoms with Crippen molar-refractivity contribution < 1.29 is 26.7 Å². The first kappa shape index (κ1) is 22.0. The number of halogens is 1. The molecule has 1 aliphatic heterocycles. The van der Waals surface area contributed by atoms with Gasteiger partial charge in [0.05, 0.1) is 16.8 Å². The summed E-state index contributed by atoms with van der Waals surface area (Å²) in [5.74, 6) is 0.0408. The van der Waals surface area contributed by atoms with Crippen LogP contribution in [-0.4, -0.2) is 42.7 Å². The molecule has 0 spiro atoms. The SMILES string of the molecule is O=S(=O)(c1ccc2c(c1)OCCO2)c1nc(-c2ccccc2F)oc1NCCCn1ccnc1. The Morgan fingerprint density at radius 2 is 1.91 bits per heavy atom. The fourth-order valence-corrected chi connectivity index (χ4v) is 4.83. The van der Waals surface area contributed by atoms with Crippen LogP contribution >= 0.6 is 0 Å². The van der Waals surface area contributed by atoms with E-state index in [0.717, 1.165) is 0 Å². The van der Waals surface area contributed by atoms with Crippen LogP contribution in [0.5, 0.6) is 11.5 Å². The Hall–Kier alpha value is -3.86. The summed E-state index contributed by atoms with van der Waals surface area (Å²) >= 11 is 0. The third-order valence-corrected chi connectivity index (χ3v) is 6.88. The molecule has 4 aromatic rings. The van der Waals surface area contributed by atoms with Gasteiger partial charge >= 0.3 is 0 Å². The molecule has 0 fully saturated rings. The van der Waals surface area contributed by atoms with Crippen molar-refractivity contribution in [3.8, 4) is 23.0 Å². The molecule has 0 saturated carbocycles. The van der Waals surface area contributed by atoms with E-state index in [-0.39, 0.29) is 27.3 Å². The highest BCUT2D eigenvalue weighted by Crippen LogP contribution is 2.37. The molecule has 0 radical (unpaired) electrons. The fraction of sp³-hybridized carbons (Fsp3) is 0.217. The van der Waals surface area contributed by atoms with E-state index in [9.17, 15) is 12.8 Å². The van der Waals surface area contributed by atoms with Crippen molar-refractivity contribution in [1.82, 2.24) is 14.5 Å². The number of ether oxygens (including phenoxy) is 2. The second-order valence-corrected chi connectivity index (χ2v) is 9.39. The molecule has 11 heteroatoms. The number of oxazole rings is 1. The van der Waals surface area contributed by atoms with E-state index in [2.05, 4.69) is 15.3 Å². The van der Waals surface area contributed by atoms with Crippen LogP contribution in [0.3, 0.4) is 0 Å². The standard InChI is InChI=1S/C23H21FN4O5S/c24-18-5-2-1-4-17(18)21-27-23(22(33-21)26-8-3-10-28-11-9-25-15-28)34(29,30)16-6-7-19-20(14-16)32-13-12-31-19/h1-2,4-7,9,11,14-15,26H,3,8,10,12-13H2. The first-order chi connectivity index (χ1) is 16.5. The lowest BCUT2D eigenvalue weighted by Gasteiger charge is -2.18. The Morgan fingerprint density at radius 1 is 1.09 bits per heavy atom. The summed E-state index contributed by atoms with van der Waals surface area (Å²) in [6.07, 6.45) is 5.88. The van der Waals surface area contributed by atoms with Gasteiger partial charge in [0.25, 0.3) is 0 Å². The Morgan fingerprint density at radius 3 is 2.71 bits per heavy atom. The van der Waals surface area contributed by atoms with E-state index in [0.29, 0.717) is 44.2 Å². The molecule has 0 saturated heterocycles. The predicted molar refractivity (Wildman–Crippen MR) is 120 cm³/mol. The zero-order valence-electron chi connectivity index (χ0n) is 18.0. The monoisotopic (exact) mass is 484 g/mol. The van der Waals surface area contributed by atoms with Crippen molar-refractivity contribution in [3.63, 3.8) is 0 Å². The summed E-state index contributed by atoms with van der Waals surface area (Å²) in [6, 6.07) is 10.2. The molecule has 0 unspecified atom stereocenters. The fourth-order valence-electron chi connectivity index (χ4n) is 3.53. The summed E-state index contributed by atoms with van der Waals surface area (Å²) in [5.41, 5.74) is 0.0626. The van der Waals surface area contributed by atoms with Gasteiger partial charge in [-0.1, -0.05) is 12.1 Å². The Kier molecular flexibility index (Phi) is 5.93. The molecular weight excluding hydrogens is 463 g/mol. The van der Waals surface area contributed by atoms with Crippen molar-refractivity contribution in [2.45, 2.75) is 22.9 Å². The molecular formula is C23H21FN4O5S. The molecule has 0 atom stereocenters. The topological polar surface area (TPSA) is 108 Å². The number of rotatable bonds is 8. The van der Waals surface area contributed by atoms with Crippen molar-refractivity contribution >= 4 is 15.7 Å². The Bertz CT molecular complexity index is 1400. The van der Waals surface area contributed by atoms with Crippen LogP contribution in [0.25, 0.3) is 11.5 Å². The van der Waals surface area contributed by atoms with Crippen molar-refractivity contribution in [1.29, 1.82) is 0 Å². The molecule has 5 rings (SSSR count). The number of hydrogen-bond acceptors (Lipinski definition) is 8. The number of benzene rings is 2. The normalized spacial score (nSPS) is 13.1. The summed E-state index contributed by atoms with van der Waals surface area (Å²) in [4.78, 5) is 8.14. The number of fused-ring (bicyclic) bond motifs is 1. The van der Waals surface area contributed by atoms with Crippen molar-refractivity contribution in [3.05, 3.63) is 67.0 Å². The Labute approximate surface area is 195 Å². The smallest absolute Gasteiger partial charge is 0.233 e. The summed E-state index contributed by atoms with van der Waals surface area (Å²) in [6.45, 7) is 1.78. The quantitative estimate of drug-likeness (QED) is 0.377. The molecule has 0 aliphatic carbocycles. The van der Waals surface area contributed by atoms with E-state index in [1.165, 1.54) is 36.4 Å². The molecule has 9 nitrogen and oxygen atoms in total. The summed E-state index contributed by atoms with van der Waals surface area (Å²) < 4.78 is 60.1. The number of nitrogens with zero attached hydrogens (tertiary/aromatic N) is 3. The number of aromatic nitrogens is 3. The number of anilines is 1. The third-order valence-electron chi connectivity index (χ3n) is 5.22. The van der Waals surface area contributed by atoms with Gasteiger partial charge in [-0.2, -0.15) is 4.98 Å². The minimum Gasteiger partial charge on any atom is -0.486 e. The minimum atomic E-state index is -4.12. The Balaban J connectivity index is 1.48. The van der Waals surface area contributed by atoms with Gasteiger partial charge in [-0.15, -0.1) is 0 Å². The van der Waals surface area contributed by atoms with Gasteiger partial charge in [0.2, 0.25) is 26.6 Å². The molecule has 1 aliphatic rings. The maximum absolute atomic E-state index is 14.4. The van der Waals surface area contributed by atoms with Gasteiger partial charge in [0.15, 0.2) is 11.5 Å². The number of sulfone groups is 1.